The van der Waals surface area contributed by atoms with E-state index in [1.165, 1.54) is 13.2 Å². The fourth-order valence-electron chi connectivity index (χ4n) is 2.46. The van der Waals surface area contributed by atoms with Crippen molar-refractivity contribution in [3.63, 3.8) is 0 Å². The van der Waals surface area contributed by atoms with Crippen molar-refractivity contribution in [2.75, 3.05) is 18.6 Å². The zero-order valence-electron chi connectivity index (χ0n) is 11.3. The molecule has 2 unspecified atom stereocenters. The third-order valence-electron chi connectivity index (χ3n) is 3.60. The van der Waals surface area contributed by atoms with Crippen LogP contribution in [0.1, 0.15) is 12.0 Å². The third kappa shape index (κ3) is 2.57. The van der Waals surface area contributed by atoms with Crippen LogP contribution in [0.3, 0.4) is 0 Å². The van der Waals surface area contributed by atoms with Gasteiger partial charge in [0.05, 0.1) is 11.0 Å². The molecule has 0 radical (unpaired) electrons. The Labute approximate surface area is 115 Å². The highest BCUT2D eigenvalue weighted by molar-refractivity contribution is 5.79. The number of ether oxygens (including phenoxy) is 1. The molecule has 2 rings (SSSR count). The molecule has 7 heteroatoms. The van der Waals surface area contributed by atoms with E-state index in [9.17, 15) is 20.0 Å². The summed E-state index contributed by atoms with van der Waals surface area (Å²) in [5.74, 6) is -0.951. The lowest BCUT2D eigenvalue weighted by molar-refractivity contribution is -0.385. The zero-order chi connectivity index (χ0) is 14.9. The van der Waals surface area contributed by atoms with Gasteiger partial charge in [-0.1, -0.05) is 6.07 Å². The van der Waals surface area contributed by atoms with Gasteiger partial charge in [0.2, 0.25) is 0 Å². The van der Waals surface area contributed by atoms with Crippen LogP contribution < -0.4 is 4.90 Å². The molecule has 0 aliphatic carbocycles. The molecule has 0 saturated carbocycles. The second-order valence-corrected chi connectivity index (χ2v) is 4.83. The first-order chi connectivity index (χ1) is 9.43. The summed E-state index contributed by atoms with van der Waals surface area (Å²) in [6, 6.07) is 4.04. The van der Waals surface area contributed by atoms with E-state index in [4.69, 9.17) is 4.74 Å². The Kier molecular flexibility index (Phi) is 3.89. The van der Waals surface area contributed by atoms with Crippen LogP contribution in [0.4, 0.5) is 11.4 Å². The highest BCUT2D eigenvalue weighted by Crippen LogP contribution is 2.31. The predicted octanol–water partition coefficient (Wildman–Crippen LogP) is 1.58. The van der Waals surface area contributed by atoms with Gasteiger partial charge < -0.3 is 14.7 Å². The van der Waals surface area contributed by atoms with E-state index in [1.807, 2.05) is 0 Å². The highest BCUT2D eigenvalue weighted by atomic mass is 16.6. The topological polar surface area (TPSA) is 92.9 Å². The number of hydrogen-bond acceptors (Lipinski definition) is 5. The zero-order valence-corrected chi connectivity index (χ0v) is 11.3. The summed E-state index contributed by atoms with van der Waals surface area (Å²) in [7, 11) is 1.53. The molecule has 7 nitrogen and oxygen atoms in total. The number of hydrogen-bond donors (Lipinski definition) is 1. The van der Waals surface area contributed by atoms with Crippen LogP contribution in [-0.4, -0.2) is 41.8 Å². The van der Waals surface area contributed by atoms with Crippen molar-refractivity contribution in [2.45, 2.75) is 25.5 Å². The summed E-state index contributed by atoms with van der Waals surface area (Å²) in [5.41, 5.74) is 1.08. The number of carbonyl (C=O) groups is 1. The quantitative estimate of drug-likeness (QED) is 0.665. The van der Waals surface area contributed by atoms with Crippen LogP contribution in [0.2, 0.25) is 0 Å². The van der Waals surface area contributed by atoms with Crippen molar-refractivity contribution >= 4 is 17.3 Å². The van der Waals surface area contributed by atoms with Crippen LogP contribution in [0, 0.1) is 17.0 Å². The number of methoxy groups -OCH3 is 1. The molecule has 1 aliphatic rings. The van der Waals surface area contributed by atoms with Gasteiger partial charge >= 0.3 is 5.97 Å². The van der Waals surface area contributed by atoms with Crippen molar-refractivity contribution < 1.29 is 19.6 Å². The van der Waals surface area contributed by atoms with E-state index in [1.54, 1.807) is 24.0 Å². The van der Waals surface area contributed by atoms with Crippen LogP contribution in [0.25, 0.3) is 0 Å². The van der Waals surface area contributed by atoms with Crippen LogP contribution in [-0.2, 0) is 9.53 Å². The van der Waals surface area contributed by atoms with Crippen LogP contribution in [0.5, 0.6) is 0 Å². The molecule has 1 heterocycles. The Bertz CT molecular complexity index is 546. The van der Waals surface area contributed by atoms with Gasteiger partial charge in [-0.25, -0.2) is 4.79 Å². The number of carboxylic acid groups (broad SMARTS) is 1. The molecule has 20 heavy (non-hydrogen) atoms. The van der Waals surface area contributed by atoms with Crippen LogP contribution in [0.15, 0.2) is 18.2 Å². The molecule has 108 valence electrons. The molecule has 1 aromatic rings. The smallest absolute Gasteiger partial charge is 0.326 e. The number of nitrogens with zero attached hydrogens (tertiary/aromatic N) is 2. The second kappa shape index (κ2) is 5.46. The number of anilines is 1. The number of benzene rings is 1. The lowest BCUT2D eigenvalue weighted by Gasteiger charge is -2.23. The molecule has 1 aromatic carbocycles. The van der Waals surface area contributed by atoms with E-state index in [0.29, 0.717) is 24.2 Å². The first-order valence-corrected chi connectivity index (χ1v) is 6.21. The fourth-order valence-corrected chi connectivity index (χ4v) is 2.46. The van der Waals surface area contributed by atoms with Crippen LogP contribution >= 0.6 is 0 Å². The molecule has 2 atom stereocenters. The number of rotatable bonds is 4. The summed E-state index contributed by atoms with van der Waals surface area (Å²) in [5, 5.41) is 20.2. The van der Waals surface area contributed by atoms with Gasteiger partial charge in [0.25, 0.3) is 5.69 Å². The predicted molar refractivity (Wildman–Crippen MR) is 72.0 cm³/mol. The van der Waals surface area contributed by atoms with E-state index < -0.39 is 16.9 Å². The summed E-state index contributed by atoms with van der Waals surface area (Å²) < 4.78 is 5.21. The minimum absolute atomic E-state index is 0.00694. The standard InChI is InChI=1S/C13H16N2O5/c1-8-3-4-9(5-11(8)15(18)19)14-7-10(20-2)6-12(14)13(16)17/h3-5,10,12H,6-7H2,1-2H3,(H,16,17). The number of nitro benzene ring substituents is 1. The Morgan fingerprint density at radius 1 is 1.55 bits per heavy atom. The Morgan fingerprint density at radius 2 is 2.25 bits per heavy atom. The van der Waals surface area contributed by atoms with Crippen molar-refractivity contribution in [3.8, 4) is 0 Å². The lowest BCUT2D eigenvalue weighted by Crippen LogP contribution is -2.36. The van der Waals surface area contributed by atoms with E-state index in [0.717, 1.165) is 0 Å². The number of aliphatic carboxylic acids is 1. The maximum atomic E-state index is 11.3. The van der Waals surface area contributed by atoms with Gasteiger partial charge in [-0.2, -0.15) is 0 Å². The summed E-state index contributed by atoms with van der Waals surface area (Å²) in [4.78, 5) is 23.5. The molecular weight excluding hydrogens is 264 g/mol. The Hall–Kier alpha value is -2.15. The van der Waals surface area contributed by atoms with Crippen molar-refractivity contribution in [1.29, 1.82) is 0 Å². The summed E-state index contributed by atoms with van der Waals surface area (Å²) >= 11 is 0. The average Bonchev–Trinajstić information content (AvgIpc) is 2.83. The lowest BCUT2D eigenvalue weighted by atomic mass is 10.1. The minimum Gasteiger partial charge on any atom is -0.480 e. The van der Waals surface area contributed by atoms with E-state index >= 15 is 0 Å². The summed E-state index contributed by atoms with van der Waals surface area (Å²) in [6.45, 7) is 2.06. The minimum atomic E-state index is -0.951. The van der Waals surface area contributed by atoms with Gasteiger partial charge in [0.15, 0.2) is 0 Å². The SMILES string of the molecule is COC1CC(C(=O)O)N(c2ccc(C)c([N+](=O)[O-])c2)C1. The molecule has 1 N–H and O–H groups in total. The number of aryl methyl sites for hydroxylation is 1. The fraction of sp³-hybridized carbons (Fsp3) is 0.462. The molecule has 0 spiro atoms. The molecule has 1 saturated heterocycles. The molecule has 0 bridgehead atoms. The molecular formula is C13H16N2O5. The van der Waals surface area contributed by atoms with Gasteiger partial charge in [-0.15, -0.1) is 0 Å². The maximum absolute atomic E-state index is 11.3. The Morgan fingerprint density at radius 3 is 2.80 bits per heavy atom. The first kappa shape index (κ1) is 14.3. The highest BCUT2D eigenvalue weighted by Gasteiger charge is 2.37. The van der Waals surface area contributed by atoms with E-state index in [2.05, 4.69) is 0 Å². The second-order valence-electron chi connectivity index (χ2n) is 4.83. The summed E-state index contributed by atoms with van der Waals surface area (Å²) in [6.07, 6.45) is 0.185. The first-order valence-electron chi connectivity index (χ1n) is 6.21. The normalized spacial score (nSPS) is 22.0. The monoisotopic (exact) mass is 280 g/mol. The van der Waals surface area contributed by atoms with E-state index in [-0.39, 0.29) is 11.8 Å². The number of carboxylic acids is 1. The van der Waals surface area contributed by atoms with Crippen molar-refractivity contribution in [3.05, 3.63) is 33.9 Å². The molecule has 0 aromatic heterocycles. The van der Waals surface area contributed by atoms with Gasteiger partial charge in [-0.05, 0) is 13.0 Å². The van der Waals surface area contributed by atoms with Gasteiger partial charge in [-0.3, -0.25) is 10.1 Å². The van der Waals surface area contributed by atoms with Crippen molar-refractivity contribution in [2.24, 2.45) is 0 Å². The average molecular weight is 280 g/mol. The van der Waals surface area contributed by atoms with Crippen molar-refractivity contribution in [1.82, 2.24) is 0 Å². The number of nitro groups is 1. The van der Waals surface area contributed by atoms with Gasteiger partial charge in [0, 0.05) is 37.4 Å². The molecule has 0 amide bonds. The third-order valence-corrected chi connectivity index (χ3v) is 3.60. The molecule has 1 aliphatic heterocycles. The van der Waals surface area contributed by atoms with Gasteiger partial charge in [0.1, 0.15) is 6.04 Å². The Balaban J connectivity index is 2.36. The maximum Gasteiger partial charge on any atom is 0.326 e. The largest absolute Gasteiger partial charge is 0.480 e. The molecule has 1 fully saturated rings.